The number of pyridine rings is 1. The van der Waals surface area contributed by atoms with Crippen LogP contribution in [0, 0.1) is 28.5 Å². The van der Waals surface area contributed by atoms with Crippen LogP contribution in [0.1, 0.15) is 91.7 Å². The summed E-state index contributed by atoms with van der Waals surface area (Å²) in [6.45, 7) is 5.09. The molecule has 3 atom stereocenters. The van der Waals surface area contributed by atoms with Gasteiger partial charge >= 0.3 is 12.1 Å². The van der Waals surface area contributed by atoms with E-state index in [1.807, 2.05) is 0 Å². The molecule has 2 heterocycles. The van der Waals surface area contributed by atoms with Crippen molar-refractivity contribution >= 4 is 29.3 Å². The molecule has 2 aromatic rings. The lowest BCUT2D eigenvalue weighted by atomic mass is 9.74. The van der Waals surface area contributed by atoms with Gasteiger partial charge in [0.25, 0.3) is 5.91 Å². The van der Waals surface area contributed by atoms with Crippen LogP contribution >= 0.6 is 11.6 Å². The van der Waals surface area contributed by atoms with Crippen molar-refractivity contribution < 1.29 is 37.1 Å². The second-order valence-corrected chi connectivity index (χ2v) is 12.8. The Labute approximate surface area is 239 Å². The van der Waals surface area contributed by atoms with Crippen molar-refractivity contribution in [3.8, 4) is 0 Å². The first-order valence-electron chi connectivity index (χ1n) is 13.6. The highest BCUT2D eigenvalue weighted by molar-refractivity contribution is 6.34. The van der Waals surface area contributed by atoms with Gasteiger partial charge < -0.3 is 10.0 Å². The lowest BCUT2D eigenvalue weighted by molar-refractivity contribution is -0.152. The van der Waals surface area contributed by atoms with E-state index in [4.69, 9.17) is 11.6 Å². The van der Waals surface area contributed by atoms with Crippen LogP contribution in [0.5, 0.6) is 0 Å². The average molecular weight is 599 g/mol. The molecule has 0 aliphatic heterocycles. The largest absolute Gasteiger partial charge is 0.481 e. The molecule has 3 fully saturated rings. The number of ketones is 1. The molecule has 3 saturated carbocycles. The fourth-order valence-electron chi connectivity index (χ4n) is 6.94. The zero-order valence-corrected chi connectivity index (χ0v) is 23.6. The van der Waals surface area contributed by atoms with Crippen molar-refractivity contribution in [1.29, 1.82) is 0 Å². The highest BCUT2D eigenvalue weighted by Crippen LogP contribution is 2.67. The summed E-state index contributed by atoms with van der Waals surface area (Å²) in [6, 6.07) is -1.27. The van der Waals surface area contributed by atoms with E-state index in [2.05, 4.69) is 23.9 Å². The number of aromatic nitrogens is 3. The topological polar surface area (TPSA) is 105 Å². The minimum atomic E-state index is -4.95. The molecule has 3 aliphatic rings. The van der Waals surface area contributed by atoms with E-state index < -0.39 is 70.5 Å². The standard InChI is InChI=1S/C28H31ClF4N4O4/c1-26(2)17-8-15(9-18(17)26)36(13-21(38)22-19(29)11-34-12-20(22)30)24(39)16-10-35-37(23(16)28(31,32)33)14-4-6-27(3,7-5-14)25(40)41/h10-12,14-15,17-18H,4-9,13H2,1-3H3,(H,40,41)/t14-,15-,17+,18-,27-. The number of carboxylic acid groups (broad SMARTS) is 1. The quantitative estimate of drug-likeness (QED) is 0.307. The number of carboxylic acids is 1. The molecule has 8 nitrogen and oxygen atoms in total. The SMILES string of the molecule is CC1(C)[C@@H]2C[C@H](N(CC(=O)c3c(F)cncc3Cl)C(=O)c3cnn([C@H]4CC[C@](C)(C(=O)O)CC4)c3C(F)(F)F)C[C@@H]21. The van der Waals surface area contributed by atoms with Crippen molar-refractivity contribution in [2.75, 3.05) is 6.54 Å². The molecule has 0 radical (unpaired) electrons. The van der Waals surface area contributed by atoms with Gasteiger partial charge in [-0.05, 0) is 62.7 Å². The number of carbonyl (C=O) groups is 3. The van der Waals surface area contributed by atoms with Gasteiger partial charge in [0, 0.05) is 12.2 Å². The second kappa shape index (κ2) is 10.1. The Balaban J connectivity index is 1.48. The number of hydrogen-bond acceptors (Lipinski definition) is 5. The minimum absolute atomic E-state index is 0.0448. The van der Waals surface area contributed by atoms with Gasteiger partial charge in [-0.3, -0.25) is 24.0 Å². The lowest BCUT2D eigenvalue weighted by Crippen LogP contribution is -2.44. The van der Waals surface area contributed by atoms with Gasteiger partial charge in [-0.2, -0.15) is 18.3 Å². The molecular weight excluding hydrogens is 568 g/mol. The zero-order valence-electron chi connectivity index (χ0n) is 22.8. The molecule has 1 amide bonds. The van der Waals surface area contributed by atoms with Gasteiger partial charge in [0.15, 0.2) is 17.3 Å². The van der Waals surface area contributed by atoms with Crippen molar-refractivity contribution in [1.82, 2.24) is 19.7 Å². The number of rotatable bonds is 7. The number of fused-ring (bicyclic) bond motifs is 1. The first-order valence-corrected chi connectivity index (χ1v) is 14.0. The van der Waals surface area contributed by atoms with Crippen molar-refractivity contribution in [2.45, 2.75) is 77.6 Å². The van der Waals surface area contributed by atoms with Gasteiger partial charge in [0.1, 0.15) is 0 Å². The highest BCUT2D eigenvalue weighted by atomic mass is 35.5. The fraction of sp³-hybridized carbons (Fsp3) is 0.607. The molecule has 1 N–H and O–H groups in total. The molecule has 13 heteroatoms. The third-order valence-corrected chi connectivity index (χ3v) is 9.99. The molecular formula is C28H31ClF4N4O4. The Hall–Kier alpha value is -3.02. The van der Waals surface area contributed by atoms with E-state index in [0.29, 0.717) is 12.8 Å². The number of amides is 1. The summed E-state index contributed by atoms with van der Waals surface area (Å²) in [7, 11) is 0. The molecule has 3 aliphatic carbocycles. The summed E-state index contributed by atoms with van der Waals surface area (Å²) in [5.41, 5.74) is -3.40. The Morgan fingerprint density at radius 2 is 1.71 bits per heavy atom. The lowest BCUT2D eigenvalue weighted by Gasteiger charge is -2.35. The number of halogens is 5. The number of alkyl halides is 3. The summed E-state index contributed by atoms with van der Waals surface area (Å²) < 4.78 is 58.8. The van der Waals surface area contributed by atoms with Crippen LogP contribution in [0.15, 0.2) is 18.6 Å². The fourth-order valence-corrected chi connectivity index (χ4v) is 7.19. The van der Waals surface area contributed by atoms with Crippen LogP contribution in [0.4, 0.5) is 17.6 Å². The van der Waals surface area contributed by atoms with Gasteiger partial charge in [0.05, 0.1) is 46.5 Å². The normalized spacial score (nSPS) is 28.7. The first-order chi connectivity index (χ1) is 19.1. The Kier molecular flexibility index (Phi) is 7.23. The van der Waals surface area contributed by atoms with Crippen LogP contribution < -0.4 is 0 Å². The van der Waals surface area contributed by atoms with Gasteiger partial charge in [-0.25, -0.2) is 4.39 Å². The van der Waals surface area contributed by atoms with Gasteiger partial charge in [-0.15, -0.1) is 0 Å². The van der Waals surface area contributed by atoms with E-state index in [9.17, 15) is 37.1 Å². The molecule has 0 bridgehead atoms. The van der Waals surface area contributed by atoms with E-state index in [0.717, 1.165) is 28.2 Å². The number of nitrogens with zero attached hydrogens (tertiary/aromatic N) is 4. The number of Topliss-reactive ketones (excluding diaryl/α,β-unsaturated/α-hetero) is 1. The van der Waals surface area contributed by atoms with Gasteiger partial charge in [0.2, 0.25) is 0 Å². The maximum Gasteiger partial charge on any atom is 0.433 e. The molecule has 2 aromatic heterocycles. The molecule has 5 rings (SSSR count). The third-order valence-electron chi connectivity index (χ3n) is 9.70. The number of hydrogen-bond donors (Lipinski definition) is 1. The van der Waals surface area contributed by atoms with E-state index >= 15 is 0 Å². The van der Waals surface area contributed by atoms with Crippen LogP contribution in [0.2, 0.25) is 5.02 Å². The number of carbonyl (C=O) groups excluding carboxylic acids is 2. The van der Waals surface area contributed by atoms with Crippen LogP contribution in [-0.4, -0.2) is 55.0 Å². The predicted molar refractivity (Wildman–Crippen MR) is 139 cm³/mol. The summed E-state index contributed by atoms with van der Waals surface area (Å²) in [5, 5.41) is 13.2. The summed E-state index contributed by atoms with van der Waals surface area (Å²) in [6.07, 6.45) is -0.566. The summed E-state index contributed by atoms with van der Waals surface area (Å²) in [4.78, 5) is 43.5. The van der Waals surface area contributed by atoms with Crippen molar-refractivity contribution in [3.05, 3.63) is 46.3 Å². The predicted octanol–water partition coefficient (Wildman–Crippen LogP) is 6.06. The Morgan fingerprint density at radius 3 is 2.24 bits per heavy atom. The first kappa shape index (κ1) is 29.5. The van der Waals surface area contributed by atoms with Gasteiger partial charge in [-0.1, -0.05) is 25.4 Å². The third kappa shape index (κ3) is 5.12. The average Bonchev–Trinajstić information content (AvgIpc) is 3.30. The molecule has 0 spiro atoms. The second-order valence-electron chi connectivity index (χ2n) is 12.4. The van der Waals surface area contributed by atoms with E-state index in [1.165, 1.54) is 0 Å². The van der Waals surface area contributed by atoms with Crippen molar-refractivity contribution in [3.63, 3.8) is 0 Å². The van der Waals surface area contributed by atoms with Crippen molar-refractivity contribution in [2.24, 2.45) is 22.7 Å². The van der Waals surface area contributed by atoms with E-state index in [1.54, 1.807) is 6.92 Å². The van der Waals surface area contributed by atoms with Crippen LogP contribution in [-0.2, 0) is 11.0 Å². The molecule has 0 unspecified atom stereocenters. The van der Waals surface area contributed by atoms with Crippen LogP contribution in [0.3, 0.4) is 0 Å². The zero-order chi connectivity index (χ0) is 30.1. The number of aliphatic carboxylic acids is 1. The molecule has 41 heavy (non-hydrogen) atoms. The summed E-state index contributed by atoms with van der Waals surface area (Å²) >= 11 is 6.02. The van der Waals surface area contributed by atoms with Crippen LogP contribution in [0.25, 0.3) is 0 Å². The molecule has 0 saturated heterocycles. The smallest absolute Gasteiger partial charge is 0.433 e. The molecule has 222 valence electrons. The monoisotopic (exact) mass is 598 g/mol. The minimum Gasteiger partial charge on any atom is -0.481 e. The highest BCUT2D eigenvalue weighted by Gasteiger charge is 2.63. The molecule has 0 aromatic carbocycles. The summed E-state index contributed by atoms with van der Waals surface area (Å²) in [5.74, 6) is -3.33. The Morgan fingerprint density at radius 1 is 1.10 bits per heavy atom. The Bertz CT molecular complexity index is 1370. The van der Waals surface area contributed by atoms with E-state index in [-0.39, 0.29) is 48.0 Å². The maximum absolute atomic E-state index is 14.5. The maximum atomic E-state index is 14.5.